The summed E-state index contributed by atoms with van der Waals surface area (Å²) in [6.45, 7) is 1.10. The van der Waals surface area contributed by atoms with Crippen LogP contribution in [0.5, 0.6) is 0 Å². The third kappa shape index (κ3) is 28.4. The van der Waals surface area contributed by atoms with Crippen LogP contribution in [0.1, 0.15) is 116 Å². The molecular formula is C31H54NO10P. The van der Waals surface area contributed by atoms with E-state index in [9.17, 15) is 28.6 Å². The van der Waals surface area contributed by atoms with Crippen molar-refractivity contribution in [1.29, 1.82) is 0 Å². The molecule has 1 unspecified atom stereocenters. The molecule has 0 heterocycles. The Hall–Kier alpha value is -2.17. The Bertz CT molecular complexity index is 862. The van der Waals surface area contributed by atoms with Crippen LogP contribution in [-0.2, 0) is 42.3 Å². The minimum atomic E-state index is -4.44. The first kappa shape index (κ1) is 40.8. The molecule has 43 heavy (non-hydrogen) atoms. The average Bonchev–Trinajstić information content (AvgIpc) is 2.98. The lowest BCUT2D eigenvalue weighted by atomic mass is 10.1. The molecular weight excluding hydrogens is 577 g/mol. The Kier molecular flexibility index (Phi) is 27.1. The zero-order valence-corrected chi connectivity index (χ0v) is 26.9. The van der Waals surface area contributed by atoms with E-state index in [-0.39, 0.29) is 51.2 Å². The van der Waals surface area contributed by atoms with Gasteiger partial charge >= 0.3 is 19.8 Å². The van der Waals surface area contributed by atoms with Crippen molar-refractivity contribution in [3.63, 3.8) is 0 Å². The number of esters is 2. The zero-order chi connectivity index (χ0) is 32.0. The van der Waals surface area contributed by atoms with Crippen molar-refractivity contribution < 1.29 is 47.2 Å². The first-order chi connectivity index (χ1) is 20.7. The molecule has 0 spiro atoms. The normalized spacial score (nSPS) is 13.7. The SMILES string of the molecule is CCCCCCCC/C=C\CCCCCCCC(=O)OC[C@H](COP(=O)(O)OCCN)OC(=O)CCCC(=O)/C=C/C=O. The van der Waals surface area contributed by atoms with Crippen molar-refractivity contribution in [2.45, 2.75) is 122 Å². The van der Waals surface area contributed by atoms with E-state index in [1.807, 2.05) is 0 Å². The molecule has 0 aliphatic carbocycles. The fraction of sp³-hybridized carbons (Fsp3) is 0.742. The molecule has 2 atom stereocenters. The molecule has 0 amide bonds. The molecule has 0 radical (unpaired) electrons. The number of aldehydes is 1. The highest BCUT2D eigenvalue weighted by Gasteiger charge is 2.26. The smallest absolute Gasteiger partial charge is 0.462 e. The van der Waals surface area contributed by atoms with Gasteiger partial charge in [0.1, 0.15) is 12.9 Å². The number of ether oxygens (including phenoxy) is 2. The number of carbonyl (C=O) groups is 4. The van der Waals surface area contributed by atoms with Crippen molar-refractivity contribution in [2.24, 2.45) is 5.73 Å². The molecule has 0 aliphatic heterocycles. The Morgan fingerprint density at radius 3 is 2.02 bits per heavy atom. The Morgan fingerprint density at radius 2 is 1.40 bits per heavy atom. The van der Waals surface area contributed by atoms with Gasteiger partial charge in [0.2, 0.25) is 0 Å². The highest BCUT2D eigenvalue weighted by atomic mass is 31.2. The van der Waals surface area contributed by atoms with E-state index >= 15 is 0 Å². The number of phosphoric ester groups is 1. The van der Waals surface area contributed by atoms with E-state index in [2.05, 4.69) is 23.6 Å². The van der Waals surface area contributed by atoms with Crippen LogP contribution in [0.2, 0.25) is 0 Å². The molecule has 0 aliphatic rings. The maximum absolute atomic E-state index is 12.2. The first-order valence-corrected chi connectivity index (χ1v) is 17.2. The predicted molar refractivity (Wildman–Crippen MR) is 165 cm³/mol. The Balaban J connectivity index is 4.29. The molecule has 0 fully saturated rings. The third-order valence-electron chi connectivity index (χ3n) is 6.33. The minimum Gasteiger partial charge on any atom is -0.462 e. The van der Waals surface area contributed by atoms with Crippen molar-refractivity contribution >= 4 is 31.8 Å². The van der Waals surface area contributed by atoms with Crippen molar-refractivity contribution in [3.05, 3.63) is 24.3 Å². The summed E-state index contributed by atoms with van der Waals surface area (Å²) in [5.74, 6) is -1.50. The number of rotatable bonds is 30. The van der Waals surface area contributed by atoms with Gasteiger partial charge in [0.15, 0.2) is 11.9 Å². The van der Waals surface area contributed by atoms with E-state index in [0.717, 1.165) is 50.7 Å². The number of unbranched alkanes of at least 4 members (excludes halogenated alkanes) is 11. The van der Waals surface area contributed by atoms with Crippen molar-refractivity contribution in [2.75, 3.05) is 26.4 Å². The maximum Gasteiger partial charge on any atom is 0.472 e. The molecule has 0 aromatic carbocycles. The zero-order valence-electron chi connectivity index (χ0n) is 26.0. The summed E-state index contributed by atoms with van der Waals surface area (Å²) in [6.07, 6.45) is 21.3. The molecule has 11 nitrogen and oxygen atoms in total. The van der Waals surface area contributed by atoms with E-state index in [0.29, 0.717) is 12.7 Å². The van der Waals surface area contributed by atoms with E-state index in [1.54, 1.807) is 0 Å². The van der Waals surface area contributed by atoms with Gasteiger partial charge in [-0.15, -0.1) is 0 Å². The number of hydrogen-bond donors (Lipinski definition) is 2. The van der Waals surface area contributed by atoms with Crippen LogP contribution in [0.15, 0.2) is 24.3 Å². The second kappa shape index (κ2) is 28.6. The standard InChI is InChI=1S/C31H54NO10P/c1-2-3-4-5-6-7-8-9-10-11-12-13-14-15-16-21-30(35)39-26-29(27-41-43(37,38)40-25-23-32)42-31(36)22-17-19-28(34)20-18-24-33/h9-10,18,20,24,29H,2-8,11-17,19,21-23,25-27,32H2,1H3,(H,37,38)/b10-9-,20-18+/t29-/m1/s1. The lowest BCUT2D eigenvalue weighted by Gasteiger charge is -2.19. The minimum absolute atomic E-state index is 0.00104. The van der Waals surface area contributed by atoms with E-state index in [1.165, 1.54) is 38.5 Å². The predicted octanol–water partition coefficient (Wildman–Crippen LogP) is 6.07. The van der Waals surface area contributed by atoms with Gasteiger partial charge in [0.25, 0.3) is 0 Å². The molecule has 0 bridgehead atoms. The molecule has 0 saturated heterocycles. The highest BCUT2D eigenvalue weighted by Crippen LogP contribution is 2.43. The Morgan fingerprint density at radius 1 is 0.791 bits per heavy atom. The van der Waals surface area contributed by atoms with Gasteiger partial charge in [0.05, 0.1) is 13.2 Å². The van der Waals surface area contributed by atoms with Gasteiger partial charge in [-0.3, -0.25) is 28.2 Å². The van der Waals surface area contributed by atoms with Gasteiger partial charge in [-0.1, -0.05) is 70.4 Å². The molecule has 0 aromatic heterocycles. The van der Waals surface area contributed by atoms with Crippen LogP contribution in [0.4, 0.5) is 0 Å². The fourth-order valence-corrected chi connectivity index (χ4v) is 4.74. The highest BCUT2D eigenvalue weighted by molar-refractivity contribution is 7.47. The van der Waals surface area contributed by atoms with Crippen molar-refractivity contribution in [3.8, 4) is 0 Å². The quantitative estimate of drug-likeness (QED) is 0.0236. The van der Waals surface area contributed by atoms with Crippen LogP contribution < -0.4 is 5.73 Å². The first-order valence-electron chi connectivity index (χ1n) is 15.7. The van der Waals surface area contributed by atoms with Gasteiger partial charge < -0.3 is 20.1 Å². The number of carbonyl (C=O) groups excluding carboxylic acids is 4. The summed E-state index contributed by atoms with van der Waals surface area (Å²) in [4.78, 5) is 56.0. The summed E-state index contributed by atoms with van der Waals surface area (Å²) in [5, 5.41) is 0. The maximum atomic E-state index is 12.2. The van der Waals surface area contributed by atoms with E-state index in [4.69, 9.17) is 19.7 Å². The van der Waals surface area contributed by atoms with Crippen LogP contribution in [-0.4, -0.2) is 61.4 Å². The summed E-state index contributed by atoms with van der Waals surface area (Å²) < 4.78 is 31.9. The molecule has 0 rings (SSSR count). The average molecular weight is 632 g/mol. The second-order valence-electron chi connectivity index (χ2n) is 10.3. The molecule has 0 saturated carbocycles. The van der Waals surface area contributed by atoms with Crippen LogP contribution in [0.25, 0.3) is 0 Å². The number of nitrogens with two attached hydrogens (primary N) is 1. The molecule has 248 valence electrons. The van der Waals surface area contributed by atoms with Crippen molar-refractivity contribution in [1.82, 2.24) is 0 Å². The topological polar surface area (TPSA) is 169 Å². The third-order valence-corrected chi connectivity index (χ3v) is 7.32. The van der Waals surface area contributed by atoms with Crippen LogP contribution in [0.3, 0.4) is 0 Å². The Labute approximate surface area is 257 Å². The summed E-state index contributed by atoms with van der Waals surface area (Å²) in [5.41, 5.74) is 5.26. The summed E-state index contributed by atoms with van der Waals surface area (Å²) in [7, 11) is -4.44. The second-order valence-corrected chi connectivity index (χ2v) is 11.8. The largest absolute Gasteiger partial charge is 0.472 e. The van der Waals surface area contributed by atoms with Gasteiger partial charge in [-0.05, 0) is 50.7 Å². The van der Waals surface area contributed by atoms with Gasteiger partial charge in [0, 0.05) is 25.8 Å². The lowest BCUT2D eigenvalue weighted by molar-refractivity contribution is -0.161. The van der Waals surface area contributed by atoms with Crippen LogP contribution >= 0.6 is 7.82 Å². The molecule has 3 N–H and O–H groups in total. The number of ketones is 1. The summed E-state index contributed by atoms with van der Waals surface area (Å²) >= 11 is 0. The molecule has 12 heteroatoms. The van der Waals surface area contributed by atoms with E-state index < -0.39 is 32.5 Å². The number of phosphoric acid groups is 1. The molecule has 0 aromatic rings. The summed E-state index contributed by atoms with van der Waals surface area (Å²) in [6, 6.07) is 0. The monoisotopic (exact) mass is 631 g/mol. The number of hydrogen-bond acceptors (Lipinski definition) is 10. The van der Waals surface area contributed by atoms with Gasteiger partial charge in [-0.2, -0.15) is 0 Å². The van der Waals surface area contributed by atoms with Gasteiger partial charge in [-0.25, -0.2) is 4.57 Å². The lowest BCUT2D eigenvalue weighted by Crippen LogP contribution is -2.29. The van der Waals surface area contributed by atoms with Crippen LogP contribution in [0, 0.1) is 0 Å². The fourth-order valence-electron chi connectivity index (χ4n) is 3.98. The number of allylic oxidation sites excluding steroid dienone is 4.